The summed E-state index contributed by atoms with van der Waals surface area (Å²) in [5.74, 6) is 0.417. The number of piperidine rings is 1. The van der Waals surface area contributed by atoms with E-state index in [1.807, 2.05) is 13.8 Å². The minimum absolute atomic E-state index is 0.0567. The standard InChI is InChI=1S/C10H19ClN2O/c1-10(2,7-11)9(14)13-8-4-3-5-12-6-8/h8,12H,3-7H2,1-2H3,(H,13,14)/t8-/m1/s1. The second-order valence-corrected chi connectivity index (χ2v) is 4.80. The molecule has 4 heteroatoms. The summed E-state index contributed by atoms with van der Waals surface area (Å²) in [6.07, 6.45) is 2.20. The van der Waals surface area contributed by atoms with E-state index in [1.54, 1.807) is 0 Å². The Morgan fingerprint density at radius 3 is 2.86 bits per heavy atom. The number of rotatable bonds is 3. The van der Waals surface area contributed by atoms with Crippen molar-refractivity contribution in [3.63, 3.8) is 0 Å². The summed E-state index contributed by atoms with van der Waals surface area (Å²) in [4.78, 5) is 11.7. The maximum absolute atomic E-state index is 11.7. The zero-order chi connectivity index (χ0) is 10.6. The Balaban J connectivity index is 2.39. The van der Waals surface area contributed by atoms with Crippen LogP contribution in [0.3, 0.4) is 0 Å². The molecular formula is C10H19ClN2O. The number of carbonyl (C=O) groups is 1. The van der Waals surface area contributed by atoms with E-state index in [2.05, 4.69) is 10.6 Å². The summed E-state index contributed by atoms with van der Waals surface area (Å²) >= 11 is 5.73. The van der Waals surface area contributed by atoms with Gasteiger partial charge in [0.1, 0.15) is 0 Å². The third-order valence-corrected chi connectivity index (χ3v) is 3.25. The minimum Gasteiger partial charge on any atom is -0.352 e. The number of hydrogen-bond donors (Lipinski definition) is 2. The Hall–Kier alpha value is -0.280. The van der Waals surface area contributed by atoms with Crippen molar-refractivity contribution in [3.05, 3.63) is 0 Å². The smallest absolute Gasteiger partial charge is 0.227 e. The average Bonchev–Trinajstić information content (AvgIpc) is 2.19. The molecule has 1 rings (SSSR count). The first-order chi connectivity index (χ1) is 6.56. The molecule has 14 heavy (non-hydrogen) atoms. The maximum Gasteiger partial charge on any atom is 0.227 e. The second kappa shape index (κ2) is 4.99. The van der Waals surface area contributed by atoms with Gasteiger partial charge in [0.05, 0.1) is 5.41 Å². The highest BCUT2D eigenvalue weighted by Crippen LogP contribution is 2.17. The lowest BCUT2D eigenvalue weighted by Gasteiger charge is -2.28. The highest BCUT2D eigenvalue weighted by molar-refractivity contribution is 6.19. The average molecular weight is 219 g/mol. The van der Waals surface area contributed by atoms with Crippen LogP contribution in [0, 0.1) is 5.41 Å². The van der Waals surface area contributed by atoms with Gasteiger partial charge < -0.3 is 10.6 Å². The Labute approximate surface area is 90.6 Å². The molecule has 0 radical (unpaired) electrons. The van der Waals surface area contributed by atoms with Crippen molar-refractivity contribution < 1.29 is 4.79 Å². The van der Waals surface area contributed by atoms with Gasteiger partial charge in [0, 0.05) is 18.5 Å². The first-order valence-electron chi connectivity index (χ1n) is 5.14. The third kappa shape index (κ3) is 3.14. The first-order valence-corrected chi connectivity index (χ1v) is 5.67. The number of hydrogen-bond acceptors (Lipinski definition) is 2. The number of nitrogens with one attached hydrogen (secondary N) is 2. The van der Waals surface area contributed by atoms with Gasteiger partial charge in [0.2, 0.25) is 5.91 Å². The molecule has 1 saturated heterocycles. The molecule has 1 amide bonds. The van der Waals surface area contributed by atoms with Gasteiger partial charge in [-0.05, 0) is 33.2 Å². The van der Waals surface area contributed by atoms with E-state index in [-0.39, 0.29) is 11.9 Å². The van der Waals surface area contributed by atoms with Crippen molar-refractivity contribution in [1.29, 1.82) is 0 Å². The van der Waals surface area contributed by atoms with Crippen LogP contribution >= 0.6 is 11.6 Å². The topological polar surface area (TPSA) is 41.1 Å². The van der Waals surface area contributed by atoms with Crippen LogP contribution in [-0.4, -0.2) is 30.9 Å². The Morgan fingerprint density at radius 1 is 1.64 bits per heavy atom. The molecule has 0 bridgehead atoms. The van der Waals surface area contributed by atoms with E-state index in [1.165, 1.54) is 0 Å². The fraction of sp³-hybridized carbons (Fsp3) is 0.900. The molecule has 82 valence electrons. The highest BCUT2D eigenvalue weighted by atomic mass is 35.5. The van der Waals surface area contributed by atoms with Gasteiger partial charge in [-0.25, -0.2) is 0 Å². The molecule has 0 spiro atoms. The SMILES string of the molecule is CC(C)(CCl)C(=O)N[C@@H]1CCCNC1. The van der Waals surface area contributed by atoms with E-state index < -0.39 is 5.41 Å². The Kier molecular flexibility index (Phi) is 4.20. The Morgan fingerprint density at radius 2 is 2.36 bits per heavy atom. The lowest BCUT2D eigenvalue weighted by atomic mass is 9.94. The van der Waals surface area contributed by atoms with Gasteiger partial charge in [-0.15, -0.1) is 11.6 Å². The Bertz CT molecular complexity index is 200. The molecule has 0 aromatic carbocycles. The monoisotopic (exact) mass is 218 g/mol. The molecule has 0 aliphatic carbocycles. The molecule has 1 aliphatic rings. The van der Waals surface area contributed by atoms with E-state index in [0.29, 0.717) is 5.88 Å². The van der Waals surface area contributed by atoms with Crippen molar-refractivity contribution in [2.75, 3.05) is 19.0 Å². The van der Waals surface area contributed by atoms with Crippen LogP contribution < -0.4 is 10.6 Å². The van der Waals surface area contributed by atoms with Crippen molar-refractivity contribution in [2.24, 2.45) is 5.41 Å². The molecule has 1 heterocycles. The summed E-state index contributed by atoms with van der Waals surface area (Å²) < 4.78 is 0. The van der Waals surface area contributed by atoms with E-state index in [0.717, 1.165) is 25.9 Å². The van der Waals surface area contributed by atoms with Crippen molar-refractivity contribution in [1.82, 2.24) is 10.6 Å². The van der Waals surface area contributed by atoms with Crippen LogP contribution in [0.15, 0.2) is 0 Å². The number of halogens is 1. The summed E-state index contributed by atoms with van der Waals surface area (Å²) in [5, 5.41) is 6.29. The van der Waals surface area contributed by atoms with Gasteiger partial charge in [-0.2, -0.15) is 0 Å². The van der Waals surface area contributed by atoms with E-state index in [4.69, 9.17) is 11.6 Å². The molecule has 3 nitrogen and oxygen atoms in total. The zero-order valence-electron chi connectivity index (χ0n) is 8.90. The molecule has 0 aromatic heterocycles. The van der Waals surface area contributed by atoms with Crippen LogP contribution in [0.5, 0.6) is 0 Å². The zero-order valence-corrected chi connectivity index (χ0v) is 9.66. The molecular weight excluding hydrogens is 200 g/mol. The molecule has 0 unspecified atom stereocenters. The molecule has 0 saturated carbocycles. The molecule has 1 aliphatic heterocycles. The summed E-state index contributed by atoms with van der Waals surface area (Å²) in [6.45, 7) is 5.67. The van der Waals surface area contributed by atoms with Crippen molar-refractivity contribution in [3.8, 4) is 0 Å². The number of carbonyl (C=O) groups excluding carboxylic acids is 1. The van der Waals surface area contributed by atoms with Crippen LogP contribution in [0.25, 0.3) is 0 Å². The van der Waals surface area contributed by atoms with E-state index in [9.17, 15) is 4.79 Å². The largest absolute Gasteiger partial charge is 0.352 e. The normalized spacial score (nSPS) is 23.2. The maximum atomic E-state index is 11.7. The summed E-state index contributed by atoms with van der Waals surface area (Å²) in [5.41, 5.74) is -0.459. The molecule has 2 N–H and O–H groups in total. The summed E-state index contributed by atoms with van der Waals surface area (Å²) in [6, 6.07) is 0.277. The van der Waals surface area contributed by atoms with Crippen LogP contribution in [0.1, 0.15) is 26.7 Å². The van der Waals surface area contributed by atoms with Gasteiger partial charge in [-0.3, -0.25) is 4.79 Å². The van der Waals surface area contributed by atoms with Gasteiger partial charge in [-0.1, -0.05) is 0 Å². The first kappa shape index (κ1) is 11.8. The minimum atomic E-state index is -0.459. The van der Waals surface area contributed by atoms with Crippen LogP contribution in [0.4, 0.5) is 0 Å². The second-order valence-electron chi connectivity index (χ2n) is 4.53. The fourth-order valence-corrected chi connectivity index (χ4v) is 1.54. The van der Waals surface area contributed by atoms with Crippen LogP contribution in [0.2, 0.25) is 0 Å². The lowest BCUT2D eigenvalue weighted by molar-refractivity contribution is -0.129. The van der Waals surface area contributed by atoms with Gasteiger partial charge in [0.25, 0.3) is 0 Å². The third-order valence-electron chi connectivity index (χ3n) is 2.58. The number of alkyl halides is 1. The fourth-order valence-electron chi connectivity index (χ4n) is 1.42. The van der Waals surface area contributed by atoms with Crippen molar-refractivity contribution >= 4 is 17.5 Å². The molecule has 0 aromatic rings. The predicted octanol–water partition coefficient (Wildman–Crippen LogP) is 1.12. The predicted molar refractivity (Wildman–Crippen MR) is 58.5 cm³/mol. The molecule has 1 atom stereocenters. The lowest BCUT2D eigenvalue weighted by Crippen LogP contribution is -2.49. The quantitative estimate of drug-likeness (QED) is 0.698. The highest BCUT2D eigenvalue weighted by Gasteiger charge is 2.28. The summed E-state index contributed by atoms with van der Waals surface area (Å²) in [7, 11) is 0. The van der Waals surface area contributed by atoms with Crippen molar-refractivity contribution in [2.45, 2.75) is 32.7 Å². The van der Waals surface area contributed by atoms with E-state index >= 15 is 0 Å². The van der Waals surface area contributed by atoms with Gasteiger partial charge >= 0.3 is 0 Å². The van der Waals surface area contributed by atoms with Gasteiger partial charge in [0.15, 0.2) is 0 Å². The molecule has 1 fully saturated rings. The number of amides is 1. The van der Waals surface area contributed by atoms with Crippen LogP contribution in [-0.2, 0) is 4.79 Å².